The SMILES string of the molecule is C/C=C/C[C@@H](C)[C@@H](O)[C@H]1C(=O)N[C@@H](CC)C(=O)N(C)[C@@H](CSCCCCC(=O)OC)C(=O)CN(C)[C@@H](CC(C)(C)O)C(=O)N[C@@H](C(C)C)C(=O)N(C)[C@@H](CC(C)C)C(=O)N[C@@H](C)C(=O)N[C@H](C)C(=O)N(C)[C@@H](CC(C)C)C(=O)N(C)[C@@H](CC(C)C)C(=O)N(C)[C@@H](C(C)C)C(=O)N1C. The van der Waals surface area contributed by atoms with Crippen LogP contribution in [0.1, 0.15) is 175 Å². The number of aliphatic hydroxyl groups is 2. The summed E-state index contributed by atoms with van der Waals surface area (Å²) in [7, 11) is 11.3. The summed E-state index contributed by atoms with van der Waals surface area (Å²) in [6, 6.07) is -14.1. The maximum absolute atomic E-state index is 15.4. The molecule has 0 aliphatic carbocycles. The van der Waals surface area contributed by atoms with Crippen molar-refractivity contribution in [2.75, 3.05) is 74.5 Å². The van der Waals surface area contributed by atoms with Crippen molar-refractivity contribution >= 4 is 82.6 Å². The molecule has 1 aliphatic rings. The van der Waals surface area contributed by atoms with Crippen LogP contribution in [-0.2, 0) is 62.3 Å². The van der Waals surface area contributed by atoms with Crippen molar-refractivity contribution in [3.8, 4) is 0 Å². The molecule has 10 amide bonds. The van der Waals surface area contributed by atoms with Crippen LogP contribution in [-0.4, -0.2) is 268 Å². The molecule has 0 aromatic heterocycles. The number of allylic oxidation sites excluding steroid dienone is 2. The normalized spacial score (nSPS) is 26.2. The van der Waals surface area contributed by atoms with Crippen molar-refractivity contribution in [3.05, 3.63) is 12.2 Å². The first-order valence-corrected chi connectivity index (χ1v) is 35.7. The number of carbonyl (C=O) groups is 12. The smallest absolute Gasteiger partial charge is 0.305 e. The maximum atomic E-state index is 15.4. The average Bonchev–Trinajstić information content (AvgIpc) is 0.848. The number of likely N-dealkylation sites (N-methyl/N-ethyl adjacent to an activating group) is 7. The molecular formula is C70H125N11O15S. The molecule has 1 rings (SSSR count). The summed E-state index contributed by atoms with van der Waals surface area (Å²) in [5.41, 5.74) is -1.52. The predicted molar refractivity (Wildman–Crippen MR) is 377 cm³/mol. The molecule has 0 spiro atoms. The summed E-state index contributed by atoms with van der Waals surface area (Å²) >= 11 is 1.33. The van der Waals surface area contributed by atoms with Crippen molar-refractivity contribution in [1.82, 2.24) is 55.6 Å². The van der Waals surface area contributed by atoms with Gasteiger partial charge in [-0.05, 0) is 128 Å². The first kappa shape index (κ1) is 88.8. The Bertz CT molecular complexity index is 2670. The number of ketones is 1. The Labute approximate surface area is 584 Å². The Morgan fingerprint density at radius 3 is 1.54 bits per heavy atom. The van der Waals surface area contributed by atoms with Crippen molar-refractivity contribution in [1.29, 1.82) is 0 Å². The second-order valence-corrected chi connectivity index (χ2v) is 30.4. The number of rotatable bonds is 22. The largest absolute Gasteiger partial charge is 0.469 e. The van der Waals surface area contributed by atoms with E-state index in [0.29, 0.717) is 18.6 Å². The second-order valence-electron chi connectivity index (χ2n) is 29.2. The second kappa shape index (κ2) is 41.4. The molecule has 0 bridgehead atoms. The van der Waals surface area contributed by atoms with Gasteiger partial charge in [0.05, 0.1) is 31.4 Å². The van der Waals surface area contributed by atoms with E-state index in [-0.39, 0.29) is 74.4 Å². The number of nitrogens with zero attached hydrogens (tertiary/aromatic N) is 7. The van der Waals surface area contributed by atoms with Gasteiger partial charge in [-0.15, -0.1) is 0 Å². The Morgan fingerprint density at radius 2 is 1.05 bits per heavy atom. The van der Waals surface area contributed by atoms with Gasteiger partial charge in [-0.1, -0.05) is 95.2 Å². The van der Waals surface area contributed by atoms with Crippen LogP contribution in [0.5, 0.6) is 0 Å². The molecule has 556 valence electrons. The molecular weight excluding hydrogens is 1270 g/mol. The molecule has 0 radical (unpaired) electrons. The molecule has 0 saturated carbocycles. The van der Waals surface area contributed by atoms with Crippen LogP contribution in [0.2, 0.25) is 0 Å². The van der Waals surface area contributed by atoms with Gasteiger partial charge in [-0.3, -0.25) is 62.4 Å². The monoisotopic (exact) mass is 1390 g/mol. The van der Waals surface area contributed by atoms with Gasteiger partial charge in [0.25, 0.3) is 0 Å². The van der Waals surface area contributed by atoms with E-state index in [4.69, 9.17) is 4.74 Å². The van der Waals surface area contributed by atoms with Crippen molar-refractivity contribution in [3.63, 3.8) is 0 Å². The van der Waals surface area contributed by atoms with Crippen LogP contribution < -0.4 is 21.3 Å². The van der Waals surface area contributed by atoms with E-state index in [0.717, 1.165) is 4.90 Å². The zero-order valence-corrected chi connectivity index (χ0v) is 64.1. The lowest BCUT2D eigenvalue weighted by molar-refractivity contribution is -0.157. The molecule has 26 nitrogen and oxygen atoms in total. The van der Waals surface area contributed by atoms with Crippen LogP contribution in [0.4, 0.5) is 0 Å². The molecule has 0 aromatic carbocycles. The number of amides is 10. The molecule has 97 heavy (non-hydrogen) atoms. The van der Waals surface area contributed by atoms with Gasteiger partial charge >= 0.3 is 5.97 Å². The molecule has 27 heteroatoms. The van der Waals surface area contributed by atoms with Crippen LogP contribution in [0.25, 0.3) is 0 Å². The summed E-state index contributed by atoms with van der Waals surface area (Å²) in [4.78, 5) is 184. The van der Waals surface area contributed by atoms with Gasteiger partial charge in [0.2, 0.25) is 59.1 Å². The fourth-order valence-corrected chi connectivity index (χ4v) is 13.1. The summed E-state index contributed by atoms with van der Waals surface area (Å²) in [5, 5.41) is 34.7. The molecule has 13 atom stereocenters. The Hall–Kier alpha value is -6.19. The van der Waals surface area contributed by atoms with Gasteiger partial charge in [-0.25, -0.2) is 0 Å². The zero-order chi connectivity index (χ0) is 75.0. The zero-order valence-electron chi connectivity index (χ0n) is 63.3. The quantitative estimate of drug-likeness (QED) is 0.0509. The highest BCUT2D eigenvalue weighted by Gasteiger charge is 2.46. The number of esters is 1. The molecule has 1 fully saturated rings. The fraction of sp³-hybridized carbons (Fsp3) is 0.800. The van der Waals surface area contributed by atoms with E-state index >= 15 is 28.8 Å². The number of hydrogen-bond acceptors (Lipinski definition) is 17. The maximum Gasteiger partial charge on any atom is 0.305 e. The number of thioether (sulfide) groups is 1. The number of ether oxygens (including phenoxy) is 1. The number of carbonyl (C=O) groups excluding carboxylic acids is 12. The van der Waals surface area contributed by atoms with Crippen LogP contribution in [0.3, 0.4) is 0 Å². The van der Waals surface area contributed by atoms with Gasteiger partial charge in [0.15, 0.2) is 5.78 Å². The van der Waals surface area contributed by atoms with Crippen LogP contribution in [0.15, 0.2) is 12.2 Å². The predicted octanol–water partition coefficient (Wildman–Crippen LogP) is 3.87. The number of nitrogens with one attached hydrogen (secondary N) is 4. The minimum absolute atomic E-state index is 0.0188. The lowest BCUT2D eigenvalue weighted by atomic mass is 9.91. The number of Topliss-reactive ketones (excluding diaryl/α,β-unsaturated/α-hetero) is 1. The molecule has 1 saturated heterocycles. The van der Waals surface area contributed by atoms with E-state index < -0.39 is 167 Å². The highest BCUT2D eigenvalue weighted by atomic mass is 32.2. The van der Waals surface area contributed by atoms with Crippen LogP contribution >= 0.6 is 11.8 Å². The third-order valence-corrected chi connectivity index (χ3v) is 19.1. The lowest BCUT2D eigenvalue weighted by Gasteiger charge is -2.41. The van der Waals surface area contributed by atoms with E-state index in [1.807, 2.05) is 41.5 Å². The summed E-state index contributed by atoms with van der Waals surface area (Å²) < 4.78 is 4.80. The summed E-state index contributed by atoms with van der Waals surface area (Å²) in [5.74, 6) is -9.98. The third kappa shape index (κ3) is 27.1. The minimum Gasteiger partial charge on any atom is -0.469 e. The number of methoxy groups -OCH3 is 1. The van der Waals surface area contributed by atoms with Gasteiger partial charge in [-0.2, -0.15) is 11.8 Å². The number of aliphatic hydroxyl groups excluding tert-OH is 1. The Kier molecular flexibility index (Phi) is 37.9. The van der Waals surface area contributed by atoms with Crippen molar-refractivity contribution < 1.29 is 72.5 Å². The number of unbranched alkanes of at least 4 members (excludes halogenated alkanes) is 1. The highest BCUT2D eigenvalue weighted by molar-refractivity contribution is 7.99. The number of hydrogen-bond donors (Lipinski definition) is 6. The molecule has 6 N–H and O–H groups in total. The van der Waals surface area contributed by atoms with Crippen LogP contribution in [0, 0.1) is 35.5 Å². The average molecular weight is 1390 g/mol. The fourth-order valence-electron chi connectivity index (χ4n) is 11.9. The van der Waals surface area contributed by atoms with Gasteiger partial charge in [0.1, 0.15) is 60.4 Å². The molecule has 0 aromatic rings. The van der Waals surface area contributed by atoms with Crippen molar-refractivity contribution in [2.45, 2.75) is 254 Å². The van der Waals surface area contributed by atoms with Gasteiger partial charge in [0, 0.05) is 60.9 Å². The third-order valence-electron chi connectivity index (χ3n) is 18.0. The lowest BCUT2D eigenvalue weighted by Crippen LogP contribution is -2.64. The topological polar surface area (TPSA) is 325 Å². The summed E-state index contributed by atoms with van der Waals surface area (Å²) in [6.45, 7) is 28.4. The first-order valence-electron chi connectivity index (χ1n) is 34.6. The van der Waals surface area contributed by atoms with E-state index in [1.54, 1.807) is 60.6 Å². The van der Waals surface area contributed by atoms with Gasteiger partial charge < -0.3 is 65.6 Å². The standard InChI is InChI=1S/C70H125N11O15S/c1-26-28-31-45(13)59(84)58-63(88)73-48(27-2)65(90)79(22)53(39-97-33-30-29-32-55(83)96-25)54(82)38-75(18)52(37-70(16,17)95)62(87)74-56(43(9)10)68(93)76(19)49(34-40(3)4)61(86)71-46(14)60(85)72-47(15)64(89)77(20)50(35-41(5)6)66(91)78(21)51(36-42(7)8)67(92)80(23)57(44(11)12)69(94)81(58)24/h26,28,40-53,56-59,84,95H,27,29-39H2,1-25H3,(H,71,86)(H,72,85)(H,73,88)(H,74,87)/b28-26+/t45-,46+,47-,48+,49+,50+,51+,52+,53+,56+,57+,58+,59-/m1/s1. The van der Waals surface area contributed by atoms with E-state index in [1.165, 1.54) is 125 Å². The van der Waals surface area contributed by atoms with E-state index in [9.17, 15) is 39.0 Å². The highest BCUT2D eigenvalue weighted by Crippen LogP contribution is 2.27. The molecule has 1 heterocycles. The molecule has 1 aliphatic heterocycles. The van der Waals surface area contributed by atoms with E-state index in [2.05, 4.69) is 21.3 Å². The Balaban J connectivity index is 4.51. The summed E-state index contributed by atoms with van der Waals surface area (Å²) in [6.07, 6.45) is 3.58. The molecule has 0 unspecified atom stereocenters. The minimum atomic E-state index is -1.67. The first-order chi connectivity index (χ1) is 44.8. The van der Waals surface area contributed by atoms with Crippen molar-refractivity contribution in [2.24, 2.45) is 35.5 Å². The Morgan fingerprint density at radius 1 is 0.577 bits per heavy atom.